The molecule has 1 aliphatic carbocycles. The van der Waals surface area contributed by atoms with Crippen molar-refractivity contribution in [1.82, 2.24) is 0 Å². The van der Waals surface area contributed by atoms with Gasteiger partial charge < -0.3 is 9.53 Å². The first kappa shape index (κ1) is 34.0. The summed E-state index contributed by atoms with van der Waals surface area (Å²) in [5.41, 5.74) is 2.31. The van der Waals surface area contributed by atoms with Crippen LogP contribution in [0.15, 0.2) is 24.3 Å². The number of ether oxygens (including phenoxy) is 1. The maximum absolute atomic E-state index is 13.0. The minimum atomic E-state index is -0.268. The molecule has 192 valence electrons. The third-order valence-electron chi connectivity index (χ3n) is 5.47. The molecule has 0 amide bonds. The minimum Gasteiger partial charge on any atom is -0.372 e. The second-order valence-corrected chi connectivity index (χ2v) is 11.9. The van der Waals surface area contributed by atoms with Gasteiger partial charge in [0.15, 0.2) is 4.75 Å². The first-order valence-corrected chi connectivity index (χ1v) is 14.0. The van der Waals surface area contributed by atoms with Crippen molar-refractivity contribution in [2.75, 3.05) is 31.9 Å². The van der Waals surface area contributed by atoms with Gasteiger partial charge >= 0.3 is 0 Å². The van der Waals surface area contributed by atoms with E-state index in [4.69, 9.17) is 9.53 Å². The van der Waals surface area contributed by atoms with Crippen LogP contribution >= 0.6 is 0 Å². The third kappa shape index (κ3) is 12.7. The number of hydrogen-bond donors (Lipinski definition) is 0. The minimum absolute atomic E-state index is 0.130. The highest BCUT2D eigenvalue weighted by atomic mass is 32.2. The summed E-state index contributed by atoms with van der Waals surface area (Å²) in [6.45, 7) is 18.4. The van der Waals surface area contributed by atoms with Gasteiger partial charge in [-0.25, -0.2) is 0 Å². The Hall–Kier alpha value is -1.20. The molecule has 1 saturated carbocycles. The molecule has 2 aliphatic rings. The maximum atomic E-state index is 13.0. The Bertz CT molecular complexity index is 587. The van der Waals surface area contributed by atoms with Gasteiger partial charge in [-0.2, -0.15) is 0 Å². The van der Waals surface area contributed by atoms with Gasteiger partial charge in [-0.15, -0.1) is 0 Å². The van der Waals surface area contributed by atoms with Gasteiger partial charge in [-0.1, -0.05) is 78.1 Å². The van der Waals surface area contributed by atoms with Gasteiger partial charge in [-0.3, -0.25) is 9.18 Å². The maximum Gasteiger partial charge on any atom is 0.217 e. The van der Waals surface area contributed by atoms with Crippen LogP contribution in [-0.2, 0) is 20.4 Å². The lowest BCUT2D eigenvalue weighted by atomic mass is 9.83. The molecule has 1 heterocycles. The van der Waals surface area contributed by atoms with Crippen LogP contribution in [0, 0.1) is 5.92 Å². The normalized spacial score (nSPS) is 16.4. The van der Waals surface area contributed by atoms with Gasteiger partial charge in [-0.05, 0) is 44.1 Å². The highest BCUT2D eigenvalue weighted by molar-refractivity contribution is 7.99. The van der Waals surface area contributed by atoms with Gasteiger partial charge in [0.1, 0.15) is 18.3 Å². The fourth-order valence-corrected chi connectivity index (χ4v) is 6.10. The fourth-order valence-electron chi connectivity index (χ4n) is 3.85. The van der Waals surface area contributed by atoms with E-state index in [-0.39, 0.29) is 15.6 Å². The second kappa shape index (κ2) is 20.2. The molecule has 5 heteroatoms. The standard InChI is InChI=1S/C20H29O2S.C4H10.C2H6.CH3F.CH2O/c1-20(2,23-14-12-22-13-15-23)19(21)18-10-8-17(9-11-18)16-6-4-3-5-7-16;1-4(2)3;3*1-2/h8-11,16H,3-7,12-15H2,1-2H3;4H,1-3H3;1-2H3;1H3;1H2/q+1;;;;. The first-order chi connectivity index (χ1) is 15.8. The molecule has 1 saturated heterocycles. The molecule has 0 atom stereocenters. The van der Waals surface area contributed by atoms with E-state index in [2.05, 4.69) is 58.9 Å². The number of hydrogen-bond acceptors (Lipinski definition) is 3. The molecule has 1 aliphatic heterocycles. The van der Waals surface area contributed by atoms with Gasteiger partial charge in [0.05, 0.1) is 20.4 Å². The Labute approximate surface area is 206 Å². The molecule has 0 spiro atoms. The van der Waals surface area contributed by atoms with E-state index < -0.39 is 0 Å². The van der Waals surface area contributed by atoms with E-state index in [1.54, 1.807) is 0 Å². The molecule has 1 aromatic carbocycles. The highest BCUT2D eigenvalue weighted by Crippen LogP contribution is 2.33. The average molecular weight is 486 g/mol. The summed E-state index contributed by atoms with van der Waals surface area (Å²) < 4.78 is 14.7. The van der Waals surface area contributed by atoms with Crippen molar-refractivity contribution in [1.29, 1.82) is 0 Å². The summed E-state index contributed by atoms with van der Waals surface area (Å²) in [7, 11) is 0.630. The van der Waals surface area contributed by atoms with Crippen LogP contribution in [-0.4, -0.2) is 49.2 Å². The number of Topliss-reactive ketones (excluding diaryl/α,β-unsaturated/α-hetero) is 1. The average Bonchev–Trinajstić information content (AvgIpc) is 2.88. The van der Waals surface area contributed by atoms with Crippen LogP contribution in [0.1, 0.15) is 102 Å². The number of halogens is 1. The summed E-state index contributed by atoms with van der Waals surface area (Å²) in [4.78, 5) is 21.0. The summed E-state index contributed by atoms with van der Waals surface area (Å²) >= 11 is 0. The van der Waals surface area contributed by atoms with Crippen LogP contribution in [0.2, 0.25) is 0 Å². The smallest absolute Gasteiger partial charge is 0.217 e. The van der Waals surface area contributed by atoms with Crippen molar-refractivity contribution in [2.24, 2.45) is 5.92 Å². The van der Waals surface area contributed by atoms with Crippen molar-refractivity contribution in [3.05, 3.63) is 35.4 Å². The molecule has 2 fully saturated rings. The topological polar surface area (TPSA) is 43.4 Å². The van der Waals surface area contributed by atoms with Crippen molar-refractivity contribution in [3.8, 4) is 0 Å². The fraction of sp³-hybridized carbons (Fsp3) is 0.714. The molecule has 3 rings (SSSR count). The molecular formula is C28H50FO3S+. The number of rotatable bonds is 4. The number of ketones is 1. The number of benzene rings is 1. The highest BCUT2D eigenvalue weighted by Gasteiger charge is 2.46. The monoisotopic (exact) mass is 485 g/mol. The summed E-state index contributed by atoms with van der Waals surface area (Å²) in [6, 6.07) is 8.54. The Morgan fingerprint density at radius 2 is 1.39 bits per heavy atom. The van der Waals surface area contributed by atoms with Crippen molar-refractivity contribution in [2.45, 2.75) is 91.2 Å². The van der Waals surface area contributed by atoms with Crippen LogP contribution in [0.25, 0.3) is 0 Å². The van der Waals surface area contributed by atoms with E-state index >= 15 is 0 Å². The van der Waals surface area contributed by atoms with E-state index in [1.165, 1.54) is 37.7 Å². The molecule has 0 aromatic heterocycles. The predicted molar refractivity (Wildman–Crippen MR) is 145 cm³/mol. The Morgan fingerprint density at radius 3 is 1.82 bits per heavy atom. The van der Waals surface area contributed by atoms with Gasteiger partial charge in [0.2, 0.25) is 5.78 Å². The lowest BCUT2D eigenvalue weighted by molar-refractivity contribution is -0.0980. The van der Waals surface area contributed by atoms with E-state index in [9.17, 15) is 9.18 Å². The molecule has 0 N–H and O–H groups in total. The lowest BCUT2D eigenvalue weighted by Crippen LogP contribution is -2.47. The molecule has 1 aromatic rings. The summed E-state index contributed by atoms with van der Waals surface area (Å²) in [5.74, 6) is 3.90. The van der Waals surface area contributed by atoms with Crippen molar-refractivity contribution >= 4 is 23.5 Å². The second-order valence-electron chi connectivity index (χ2n) is 9.04. The lowest BCUT2D eigenvalue weighted by Gasteiger charge is -2.27. The van der Waals surface area contributed by atoms with Crippen LogP contribution in [0.5, 0.6) is 0 Å². The van der Waals surface area contributed by atoms with Crippen LogP contribution in [0.3, 0.4) is 0 Å². The zero-order valence-corrected chi connectivity index (χ0v) is 23.4. The predicted octanol–water partition coefficient (Wildman–Crippen LogP) is 7.43. The zero-order valence-electron chi connectivity index (χ0n) is 22.5. The van der Waals surface area contributed by atoms with Gasteiger partial charge in [0, 0.05) is 16.5 Å². The molecule has 0 radical (unpaired) electrons. The van der Waals surface area contributed by atoms with Crippen LogP contribution < -0.4 is 0 Å². The quantitative estimate of drug-likeness (QED) is 0.329. The van der Waals surface area contributed by atoms with Gasteiger partial charge in [0.25, 0.3) is 0 Å². The van der Waals surface area contributed by atoms with Crippen molar-refractivity contribution < 1.29 is 18.7 Å². The Balaban J connectivity index is 0. The van der Waals surface area contributed by atoms with E-state index in [1.807, 2.05) is 20.6 Å². The molecule has 33 heavy (non-hydrogen) atoms. The third-order valence-corrected chi connectivity index (χ3v) is 8.41. The number of alkyl halides is 1. The van der Waals surface area contributed by atoms with E-state index in [0.29, 0.717) is 18.9 Å². The van der Waals surface area contributed by atoms with Crippen molar-refractivity contribution in [3.63, 3.8) is 0 Å². The molecule has 3 nitrogen and oxygen atoms in total. The Kier molecular flexibility index (Phi) is 20.8. The first-order valence-electron chi connectivity index (χ1n) is 12.4. The zero-order chi connectivity index (χ0) is 25.9. The van der Waals surface area contributed by atoms with Crippen LogP contribution in [0.4, 0.5) is 4.39 Å². The molecular weight excluding hydrogens is 435 g/mol. The molecule has 0 bridgehead atoms. The SMILES string of the molecule is C=O.CC.CC(C)(C(=O)c1ccc(C2CCCCC2)cc1)[S+]1CCOCC1.CC(C)C.CF. The summed E-state index contributed by atoms with van der Waals surface area (Å²) in [6.07, 6.45) is 6.70. The summed E-state index contributed by atoms with van der Waals surface area (Å²) in [5, 5.41) is 0. The largest absolute Gasteiger partial charge is 0.372 e. The molecule has 0 unspecified atom stereocenters. The number of carbonyl (C=O) groups excluding carboxylic acids is 2. The van der Waals surface area contributed by atoms with E-state index in [0.717, 1.165) is 36.2 Å². The Morgan fingerprint density at radius 1 is 0.970 bits per heavy atom. The number of carbonyl (C=O) groups is 2.